The molecule has 0 radical (unpaired) electrons. The van der Waals surface area contributed by atoms with Gasteiger partial charge >= 0.3 is 0 Å². The lowest BCUT2D eigenvalue weighted by molar-refractivity contribution is -0.122. The minimum atomic E-state index is 0. The van der Waals surface area contributed by atoms with Gasteiger partial charge in [-0.1, -0.05) is 31.5 Å². The van der Waals surface area contributed by atoms with Crippen LogP contribution in [0.3, 0.4) is 0 Å². The zero-order valence-corrected chi connectivity index (χ0v) is 14.1. The molecule has 21 heavy (non-hydrogen) atoms. The fourth-order valence-electron chi connectivity index (χ4n) is 2.66. The van der Waals surface area contributed by atoms with Crippen molar-refractivity contribution < 1.29 is 4.79 Å². The number of carbonyl (C=O) groups excluding carboxylic acids is 1. The molecule has 1 aromatic carbocycles. The van der Waals surface area contributed by atoms with Crippen molar-refractivity contribution in [1.82, 2.24) is 5.32 Å². The Hall–Kier alpha value is -0.710. The Balaban J connectivity index is 0.00000220. The van der Waals surface area contributed by atoms with Crippen LogP contribution in [0.1, 0.15) is 32.6 Å². The molecular weight excluding hydrogens is 304 g/mol. The Morgan fingerprint density at radius 3 is 2.71 bits per heavy atom. The van der Waals surface area contributed by atoms with Crippen molar-refractivity contribution in [3.8, 4) is 0 Å². The number of hydrogen-bond donors (Lipinski definition) is 2. The van der Waals surface area contributed by atoms with E-state index in [0.29, 0.717) is 24.1 Å². The van der Waals surface area contributed by atoms with Gasteiger partial charge in [0.1, 0.15) is 0 Å². The number of thioether (sulfide) groups is 1. The van der Waals surface area contributed by atoms with Crippen molar-refractivity contribution in [3.63, 3.8) is 0 Å². The fourth-order valence-corrected chi connectivity index (χ4v) is 3.61. The molecule has 1 aliphatic rings. The summed E-state index contributed by atoms with van der Waals surface area (Å²) in [5.41, 5.74) is 6.00. The van der Waals surface area contributed by atoms with Crippen LogP contribution < -0.4 is 11.1 Å². The van der Waals surface area contributed by atoms with Crippen molar-refractivity contribution in [2.24, 2.45) is 11.7 Å². The molecule has 1 fully saturated rings. The first-order valence-corrected chi connectivity index (χ1v) is 8.27. The molecule has 1 saturated carbocycles. The first kappa shape index (κ1) is 18.3. The van der Waals surface area contributed by atoms with E-state index in [0.717, 1.165) is 12.8 Å². The average molecular weight is 329 g/mol. The van der Waals surface area contributed by atoms with E-state index in [1.54, 1.807) is 11.8 Å². The molecule has 0 aliphatic heterocycles. The molecule has 2 rings (SSSR count). The van der Waals surface area contributed by atoms with Gasteiger partial charge in [-0.05, 0) is 30.9 Å². The van der Waals surface area contributed by atoms with Gasteiger partial charge in [-0.2, -0.15) is 0 Å². The predicted molar refractivity (Wildman–Crippen MR) is 92.0 cm³/mol. The van der Waals surface area contributed by atoms with Gasteiger partial charge in [-0.3, -0.25) is 4.79 Å². The summed E-state index contributed by atoms with van der Waals surface area (Å²) in [5, 5.41) is 3.41. The van der Waals surface area contributed by atoms with E-state index in [1.807, 2.05) is 18.2 Å². The molecule has 0 aromatic heterocycles. The summed E-state index contributed by atoms with van der Waals surface area (Å²) < 4.78 is 0. The van der Waals surface area contributed by atoms with Crippen molar-refractivity contribution in [2.75, 3.05) is 6.54 Å². The quantitative estimate of drug-likeness (QED) is 0.788. The summed E-state index contributed by atoms with van der Waals surface area (Å²) in [5.74, 6) is 0.528. The highest BCUT2D eigenvalue weighted by atomic mass is 35.5. The summed E-state index contributed by atoms with van der Waals surface area (Å²) in [4.78, 5) is 13.2. The Kier molecular flexibility index (Phi) is 8.15. The van der Waals surface area contributed by atoms with Crippen LogP contribution in [0.5, 0.6) is 0 Å². The Morgan fingerprint density at radius 1 is 1.38 bits per heavy atom. The summed E-state index contributed by atoms with van der Waals surface area (Å²) >= 11 is 1.79. The minimum Gasteiger partial charge on any atom is -0.355 e. The lowest BCUT2D eigenvalue weighted by Gasteiger charge is -2.16. The van der Waals surface area contributed by atoms with Crippen LogP contribution >= 0.6 is 24.2 Å². The molecular formula is C16H25ClN2OS. The van der Waals surface area contributed by atoms with Crippen molar-refractivity contribution in [2.45, 2.75) is 48.8 Å². The van der Waals surface area contributed by atoms with Crippen LogP contribution in [0.2, 0.25) is 0 Å². The highest BCUT2D eigenvalue weighted by molar-refractivity contribution is 8.00. The highest BCUT2D eigenvalue weighted by Crippen LogP contribution is 2.26. The second-order valence-electron chi connectivity index (χ2n) is 5.60. The molecule has 1 amide bonds. The molecule has 0 bridgehead atoms. The Labute approximate surface area is 137 Å². The lowest BCUT2D eigenvalue weighted by atomic mass is 10.00. The smallest absolute Gasteiger partial charge is 0.220 e. The Bertz CT molecular complexity index is 430. The standard InChI is InChI=1S/C16H24N2OS.ClH/c1-12(20-14-7-3-2-4-8-14)11-18-16(19)10-13-6-5-9-15(13)17;/h2-4,7-8,12-13,15H,5-6,9-11,17H2,1H3,(H,18,19);1H/t12?,13-,15+;/m0./s1. The zero-order chi connectivity index (χ0) is 14.4. The topological polar surface area (TPSA) is 55.1 Å². The van der Waals surface area contributed by atoms with Gasteiger partial charge in [0, 0.05) is 29.2 Å². The molecule has 1 aromatic rings. The van der Waals surface area contributed by atoms with Gasteiger partial charge < -0.3 is 11.1 Å². The largest absolute Gasteiger partial charge is 0.355 e. The lowest BCUT2D eigenvalue weighted by Crippen LogP contribution is -2.34. The third kappa shape index (κ3) is 6.29. The first-order chi connectivity index (χ1) is 9.65. The predicted octanol–water partition coefficient (Wildman–Crippen LogP) is 3.22. The SMILES string of the molecule is CC(CNC(=O)C[C@@H]1CCC[C@H]1N)Sc1ccccc1.Cl. The zero-order valence-electron chi connectivity index (χ0n) is 12.5. The van der Waals surface area contributed by atoms with E-state index in [1.165, 1.54) is 11.3 Å². The maximum absolute atomic E-state index is 11.9. The van der Waals surface area contributed by atoms with E-state index >= 15 is 0 Å². The second-order valence-corrected chi connectivity index (χ2v) is 7.12. The van der Waals surface area contributed by atoms with Gasteiger partial charge in [-0.25, -0.2) is 0 Å². The molecule has 0 heterocycles. The van der Waals surface area contributed by atoms with Gasteiger partial charge in [0.15, 0.2) is 0 Å². The molecule has 118 valence electrons. The minimum absolute atomic E-state index is 0. The van der Waals surface area contributed by atoms with Crippen LogP contribution in [-0.2, 0) is 4.79 Å². The third-order valence-corrected chi connectivity index (χ3v) is 4.95. The molecule has 3 nitrogen and oxygen atoms in total. The molecule has 3 N–H and O–H groups in total. The van der Waals surface area contributed by atoms with E-state index in [4.69, 9.17) is 5.73 Å². The molecule has 0 saturated heterocycles. The summed E-state index contributed by atoms with van der Waals surface area (Å²) in [7, 11) is 0. The van der Waals surface area contributed by atoms with E-state index in [-0.39, 0.29) is 24.4 Å². The maximum Gasteiger partial charge on any atom is 0.220 e. The number of carbonyl (C=O) groups is 1. The number of amides is 1. The summed E-state index contributed by atoms with van der Waals surface area (Å²) in [6, 6.07) is 10.5. The van der Waals surface area contributed by atoms with Crippen molar-refractivity contribution in [1.29, 1.82) is 0 Å². The van der Waals surface area contributed by atoms with E-state index < -0.39 is 0 Å². The number of benzene rings is 1. The third-order valence-electron chi connectivity index (χ3n) is 3.83. The molecule has 5 heteroatoms. The van der Waals surface area contributed by atoms with Gasteiger partial charge in [0.25, 0.3) is 0 Å². The van der Waals surface area contributed by atoms with Gasteiger partial charge in [0.05, 0.1) is 0 Å². The highest BCUT2D eigenvalue weighted by Gasteiger charge is 2.25. The fraction of sp³-hybridized carbons (Fsp3) is 0.562. The van der Waals surface area contributed by atoms with Crippen LogP contribution in [0, 0.1) is 5.92 Å². The van der Waals surface area contributed by atoms with Crippen LogP contribution in [0.25, 0.3) is 0 Å². The number of halogens is 1. The monoisotopic (exact) mass is 328 g/mol. The number of nitrogens with one attached hydrogen (secondary N) is 1. The molecule has 1 unspecified atom stereocenters. The second kappa shape index (κ2) is 9.34. The normalized spacial score (nSPS) is 22.4. The van der Waals surface area contributed by atoms with Gasteiger partial charge in [-0.15, -0.1) is 24.2 Å². The average Bonchev–Trinajstić information content (AvgIpc) is 2.83. The number of nitrogens with two attached hydrogens (primary N) is 1. The number of hydrogen-bond acceptors (Lipinski definition) is 3. The molecule has 1 aliphatic carbocycles. The van der Waals surface area contributed by atoms with Crippen LogP contribution in [0.15, 0.2) is 35.2 Å². The van der Waals surface area contributed by atoms with E-state index in [9.17, 15) is 4.79 Å². The molecule has 0 spiro atoms. The summed E-state index contributed by atoms with van der Waals surface area (Å²) in [6.07, 6.45) is 3.92. The summed E-state index contributed by atoms with van der Waals surface area (Å²) in [6.45, 7) is 2.85. The maximum atomic E-state index is 11.9. The van der Waals surface area contributed by atoms with Crippen molar-refractivity contribution >= 4 is 30.1 Å². The van der Waals surface area contributed by atoms with Crippen molar-refractivity contribution in [3.05, 3.63) is 30.3 Å². The van der Waals surface area contributed by atoms with E-state index in [2.05, 4.69) is 24.4 Å². The van der Waals surface area contributed by atoms with Crippen LogP contribution in [-0.4, -0.2) is 23.7 Å². The number of rotatable bonds is 6. The Morgan fingerprint density at radius 2 is 2.10 bits per heavy atom. The van der Waals surface area contributed by atoms with Crippen LogP contribution in [0.4, 0.5) is 0 Å². The first-order valence-electron chi connectivity index (χ1n) is 7.39. The van der Waals surface area contributed by atoms with Gasteiger partial charge in [0.2, 0.25) is 5.91 Å². The molecule has 3 atom stereocenters.